The highest BCUT2D eigenvalue weighted by molar-refractivity contribution is 14.0. The number of benzene rings is 1. The van der Waals surface area contributed by atoms with Crippen LogP contribution < -0.4 is 15.4 Å². The van der Waals surface area contributed by atoms with Gasteiger partial charge in [0.05, 0.1) is 7.11 Å². The molecule has 2 N–H and O–H groups in total. The normalized spacial score (nSPS) is 11.6. The van der Waals surface area contributed by atoms with Crippen molar-refractivity contribution < 1.29 is 4.74 Å². The maximum Gasteiger partial charge on any atom is 0.191 e. The van der Waals surface area contributed by atoms with Crippen LogP contribution in [0.3, 0.4) is 0 Å². The zero-order valence-corrected chi connectivity index (χ0v) is 18.8. The van der Waals surface area contributed by atoms with E-state index < -0.39 is 0 Å². The lowest BCUT2D eigenvalue weighted by molar-refractivity contribution is 0.173. The van der Waals surface area contributed by atoms with Crippen LogP contribution in [0.4, 0.5) is 0 Å². The molecule has 0 fully saturated rings. The second-order valence-corrected chi connectivity index (χ2v) is 6.48. The predicted molar refractivity (Wildman–Crippen MR) is 118 cm³/mol. The Morgan fingerprint density at radius 1 is 1.08 bits per heavy atom. The fourth-order valence-corrected chi connectivity index (χ4v) is 2.73. The van der Waals surface area contributed by atoms with Gasteiger partial charge in [-0.2, -0.15) is 0 Å². The van der Waals surface area contributed by atoms with Crippen molar-refractivity contribution in [1.82, 2.24) is 15.5 Å². The van der Waals surface area contributed by atoms with E-state index in [0.717, 1.165) is 37.8 Å². The Morgan fingerprint density at radius 3 is 2.16 bits per heavy atom. The molecular weight excluding hydrogens is 427 g/mol. The number of methoxy groups -OCH3 is 1. The topological polar surface area (TPSA) is 48.9 Å². The standard InChI is InChI=1S/C19H34N4O.HI/c1-15(2)23(16(3)4)13-7-12-21-19(20-5)22-14-17-8-10-18(24-6)11-9-17;/h8-11,15-16H,7,12-14H2,1-6H3,(H2,20,21,22);1H. The van der Waals surface area contributed by atoms with Gasteiger partial charge < -0.3 is 15.4 Å². The minimum atomic E-state index is 0. The van der Waals surface area contributed by atoms with Crippen LogP contribution in [0.1, 0.15) is 39.7 Å². The number of halogens is 1. The summed E-state index contributed by atoms with van der Waals surface area (Å²) in [5.74, 6) is 1.72. The molecule has 0 spiro atoms. The van der Waals surface area contributed by atoms with Gasteiger partial charge in [0.2, 0.25) is 0 Å². The quantitative estimate of drug-likeness (QED) is 0.255. The number of nitrogens with zero attached hydrogens (tertiary/aromatic N) is 2. The molecule has 144 valence electrons. The largest absolute Gasteiger partial charge is 0.497 e. The fourth-order valence-electron chi connectivity index (χ4n) is 2.73. The summed E-state index contributed by atoms with van der Waals surface area (Å²) in [7, 11) is 3.48. The van der Waals surface area contributed by atoms with E-state index in [4.69, 9.17) is 4.74 Å². The Bertz CT molecular complexity index is 481. The van der Waals surface area contributed by atoms with E-state index in [1.807, 2.05) is 12.1 Å². The number of nitrogens with one attached hydrogen (secondary N) is 2. The van der Waals surface area contributed by atoms with Gasteiger partial charge in [0.15, 0.2) is 5.96 Å². The lowest BCUT2D eigenvalue weighted by atomic mass is 10.2. The van der Waals surface area contributed by atoms with Gasteiger partial charge in [0, 0.05) is 38.8 Å². The monoisotopic (exact) mass is 462 g/mol. The molecule has 1 aromatic carbocycles. The van der Waals surface area contributed by atoms with E-state index in [0.29, 0.717) is 12.1 Å². The summed E-state index contributed by atoms with van der Waals surface area (Å²) in [4.78, 5) is 6.79. The molecule has 1 aromatic rings. The molecule has 6 heteroatoms. The Kier molecular flexibility index (Phi) is 12.7. The van der Waals surface area contributed by atoms with Gasteiger partial charge in [0.1, 0.15) is 5.75 Å². The number of aliphatic imine (C=N–C) groups is 1. The molecule has 0 amide bonds. The van der Waals surface area contributed by atoms with E-state index in [2.05, 4.69) is 60.4 Å². The van der Waals surface area contributed by atoms with Crippen LogP contribution in [0.2, 0.25) is 0 Å². The highest BCUT2D eigenvalue weighted by Crippen LogP contribution is 2.10. The lowest BCUT2D eigenvalue weighted by Gasteiger charge is -2.30. The third-order valence-corrected chi connectivity index (χ3v) is 4.05. The average molecular weight is 462 g/mol. The molecule has 0 saturated heterocycles. The molecular formula is C19H35IN4O. The van der Waals surface area contributed by atoms with Gasteiger partial charge in [-0.25, -0.2) is 0 Å². The maximum absolute atomic E-state index is 5.17. The van der Waals surface area contributed by atoms with Gasteiger partial charge in [-0.3, -0.25) is 9.89 Å². The fraction of sp³-hybridized carbons (Fsp3) is 0.632. The summed E-state index contributed by atoms with van der Waals surface area (Å²) in [6.07, 6.45) is 1.10. The van der Waals surface area contributed by atoms with Crippen molar-refractivity contribution in [2.45, 2.75) is 52.7 Å². The van der Waals surface area contributed by atoms with Crippen LogP contribution in [0.15, 0.2) is 29.3 Å². The average Bonchev–Trinajstić information content (AvgIpc) is 2.57. The second kappa shape index (κ2) is 13.2. The van der Waals surface area contributed by atoms with Crippen molar-refractivity contribution in [2.24, 2.45) is 4.99 Å². The van der Waals surface area contributed by atoms with Crippen molar-refractivity contribution in [3.8, 4) is 5.75 Å². The molecule has 0 aliphatic carbocycles. The van der Waals surface area contributed by atoms with Crippen LogP contribution in [-0.2, 0) is 6.54 Å². The first kappa shape index (κ1) is 24.0. The molecule has 0 bridgehead atoms. The smallest absolute Gasteiger partial charge is 0.191 e. The van der Waals surface area contributed by atoms with Gasteiger partial charge >= 0.3 is 0 Å². The minimum Gasteiger partial charge on any atom is -0.497 e. The van der Waals surface area contributed by atoms with Gasteiger partial charge in [-0.15, -0.1) is 24.0 Å². The Hall–Kier alpha value is -1.02. The van der Waals surface area contributed by atoms with Crippen molar-refractivity contribution in [3.05, 3.63) is 29.8 Å². The number of hydrogen-bond acceptors (Lipinski definition) is 3. The molecule has 0 aliphatic heterocycles. The first-order valence-electron chi connectivity index (χ1n) is 8.81. The summed E-state index contributed by atoms with van der Waals surface area (Å²) in [5, 5.41) is 6.72. The van der Waals surface area contributed by atoms with Crippen molar-refractivity contribution in [3.63, 3.8) is 0 Å². The van der Waals surface area contributed by atoms with Crippen LogP contribution in [0.5, 0.6) is 5.75 Å². The lowest BCUT2D eigenvalue weighted by Crippen LogP contribution is -2.41. The third-order valence-electron chi connectivity index (χ3n) is 4.05. The number of guanidine groups is 1. The van der Waals surface area contributed by atoms with Gasteiger partial charge in [-0.05, 0) is 51.8 Å². The second-order valence-electron chi connectivity index (χ2n) is 6.48. The molecule has 0 aromatic heterocycles. The molecule has 0 aliphatic rings. The Morgan fingerprint density at radius 2 is 1.68 bits per heavy atom. The van der Waals surface area contributed by atoms with E-state index in [-0.39, 0.29) is 24.0 Å². The first-order chi connectivity index (χ1) is 11.5. The number of ether oxygens (including phenoxy) is 1. The highest BCUT2D eigenvalue weighted by Gasteiger charge is 2.12. The van der Waals surface area contributed by atoms with Crippen LogP contribution in [0.25, 0.3) is 0 Å². The summed E-state index contributed by atoms with van der Waals surface area (Å²) < 4.78 is 5.17. The molecule has 0 atom stereocenters. The molecule has 5 nitrogen and oxygen atoms in total. The van der Waals surface area contributed by atoms with Crippen LogP contribution in [0, 0.1) is 0 Å². The molecule has 25 heavy (non-hydrogen) atoms. The predicted octanol–water partition coefficient (Wildman–Crippen LogP) is 3.49. The molecule has 0 radical (unpaired) electrons. The van der Waals surface area contributed by atoms with Crippen molar-refractivity contribution in [1.29, 1.82) is 0 Å². The number of rotatable bonds is 9. The zero-order valence-electron chi connectivity index (χ0n) is 16.5. The molecule has 0 saturated carbocycles. The first-order valence-corrected chi connectivity index (χ1v) is 8.81. The third kappa shape index (κ3) is 9.30. The van der Waals surface area contributed by atoms with Gasteiger partial charge in [0.25, 0.3) is 0 Å². The maximum atomic E-state index is 5.17. The SMILES string of the molecule is CN=C(NCCCN(C(C)C)C(C)C)NCc1ccc(OC)cc1.I. The van der Waals surface area contributed by atoms with Crippen molar-refractivity contribution >= 4 is 29.9 Å². The summed E-state index contributed by atoms with van der Waals surface area (Å²) in [6, 6.07) is 9.22. The Balaban J connectivity index is 0.00000576. The summed E-state index contributed by atoms with van der Waals surface area (Å²) >= 11 is 0. The van der Waals surface area contributed by atoms with E-state index >= 15 is 0 Å². The summed E-state index contributed by atoms with van der Waals surface area (Å²) in [5.41, 5.74) is 1.20. The number of hydrogen-bond donors (Lipinski definition) is 2. The minimum absolute atomic E-state index is 0. The van der Waals surface area contributed by atoms with Gasteiger partial charge in [-0.1, -0.05) is 12.1 Å². The van der Waals surface area contributed by atoms with Crippen molar-refractivity contribution in [2.75, 3.05) is 27.2 Å². The highest BCUT2D eigenvalue weighted by atomic mass is 127. The van der Waals surface area contributed by atoms with Crippen LogP contribution >= 0.6 is 24.0 Å². The van der Waals surface area contributed by atoms with E-state index in [9.17, 15) is 0 Å². The molecule has 1 rings (SSSR count). The zero-order chi connectivity index (χ0) is 17.9. The van der Waals surface area contributed by atoms with E-state index in [1.54, 1.807) is 14.2 Å². The Labute approximate surface area is 170 Å². The van der Waals surface area contributed by atoms with E-state index in [1.165, 1.54) is 5.56 Å². The molecule has 0 unspecified atom stereocenters. The van der Waals surface area contributed by atoms with Crippen LogP contribution in [-0.4, -0.2) is 50.2 Å². The summed E-state index contributed by atoms with van der Waals surface area (Å²) in [6.45, 7) is 11.8. The molecule has 0 heterocycles.